The van der Waals surface area contributed by atoms with Gasteiger partial charge in [-0.2, -0.15) is 0 Å². The van der Waals surface area contributed by atoms with Crippen molar-refractivity contribution in [3.8, 4) is 0 Å². The fourth-order valence-corrected chi connectivity index (χ4v) is 3.03. The van der Waals surface area contributed by atoms with Crippen LogP contribution in [0.15, 0.2) is 0 Å². The van der Waals surface area contributed by atoms with Crippen LogP contribution in [-0.2, 0) is 33.2 Å². The number of carbonyl (C=O) groups excluding carboxylic acids is 1. The van der Waals surface area contributed by atoms with Crippen molar-refractivity contribution in [2.24, 2.45) is 0 Å². The van der Waals surface area contributed by atoms with Crippen molar-refractivity contribution >= 4 is 5.97 Å². The molecule has 7 nitrogen and oxygen atoms in total. The molecule has 2 saturated heterocycles. The summed E-state index contributed by atoms with van der Waals surface area (Å²) in [5.41, 5.74) is 0. The highest BCUT2D eigenvalue weighted by Gasteiger charge is 2.60. The molecule has 0 aromatic heterocycles. The molecule has 2 fully saturated rings. The van der Waals surface area contributed by atoms with Gasteiger partial charge < -0.3 is 28.4 Å². The molecular formula is C13H22O7. The molecule has 0 saturated carbocycles. The number of methoxy groups -OCH3 is 4. The standard InChI is InChI=1S/C13H22O7/c1-15-7-8-10(16-2)11(17-3)12(18-4)13(19-8)6-5-9(14)20-13/h8,10-12H,5-7H2,1-4H3/t8-,10-,11+,12+,13-/m1/s1. The second-order valence-corrected chi connectivity index (χ2v) is 4.95. The van der Waals surface area contributed by atoms with E-state index < -0.39 is 24.1 Å². The molecule has 0 amide bonds. The lowest BCUT2D eigenvalue weighted by Gasteiger charge is -2.48. The summed E-state index contributed by atoms with van der Waals surface area (Å²) in [6.45, 7) is 0.314. The van der Waals surface area contributed by atoms with Gasteiger partial charge in [0.2, 0.25) is 5.79 Å². The van der Waals surface area contributed by atoms with Crippen molar-refractivity contribution in [1.82, 2.24) is 0 Å². The van der Waals surface area contributed by atoms with Crippen LogP contribution in [0.1, 0.15) is 12.8 Å². The third-order valence-electron chi connectivity index (χ3n) is 3.87. The minimum absolute atomic E-state index is 0.297. The van der Waals surface area contributed by atoms with Gasteiger partial charge >= 0.3 is 5.97 Å². The summed E-state index contributed by atoms with van der Waals surface area (Å²) in [5.74, 6) is -1.42. The van der Waals surface area contributed by atoms with Crippen LogP contribution in [0.4, 0.5) is 0 Å². The second-order valence-electron chi connectivity index (χ2n) is 4.95. The Hall–Kier alpha value is -0.730. The van der Waals surface area contributed by atoms with E-state index in [2.05, 4.69) is 0 Å². The Labute approximate surface area is 118 Å². The van der Waals surface area contributed by atoms with Crippen LogP contribution in [0.3, 0.4) is 0 Å². The monoisotopic (exact) mass is 290 g/mol. The molecule has 2 aliphatic heterocycles. The Morgan fingerprint density at radius 2 is 1.85 bits per heavy atom. The summed E-state index contributed by atoms with van der Waals surface area (Å²) in [7, 11) is 6.27. The molecule has 0 aromatic carbocycles. The van der Waals surface area contributed by atoms with Gasteiger partial charge in [-0.25, -0.2) is 0 Å². The summed E-state index contributed by atoms with van der Waals surface area (Å²) in [6, 6.07) is 0. The number of hydrogen-bond donors (Lipinski definition) is 0. The molecule has 7 heteroatoms. The van der Waals surface area contributed by atoms with E-state index in [-0.39, 0.29) is 12.1 Å². The summed E-state index contributed by atoms with van der Waals surface area (Å²) in [6.07, 6.45) is -0.988. The van der Waals surface area contributed by atoms with Crippen molar-refractivity contribution in [2.45, 2.75) is 43.0 Å². The molecule has 0 bridgehead atoms. The van der Waals surface area contributed by atoms with Crippen molar-refractivity contribution in [3.63, 3.8) is 0 Å². The zero-order chi connectivity index (χ0) is 14.8. The van der Waals surface area contributed by atoms with Crippen LogP contribution in [0.25, 0.3) is 0 Å². The molecule has 20 heavy (non-hydrogen) atoms. The van der Waals surface area contributed by atoms with Gasteiger partial charge in [0.05, 0.1) is 13.0 Å². The van der Waals surface area contributed by atoms with Gasteiger partial charge in [0.1, 0.15) is 18.3 Å². The van der Waals surface area contributed by atoms with Crippen molar-refractivity contribution < 1.29 is 33.2 Å². The number of hydrogen-bond acceptors (Lipinski definition) is 7. The van der Waals surface area contributed by atoms with E-state index in [1.807, 2.05) is 0 Å². The lowest BCUT2D eigenvalue weighted by atomic mass is 9.90. The third-order valence-corrected chi connectivity index (χ3v) is 3.87. The Balaban J connectivity index is 2.30. The van der Waals surface area contributed by atoms with Crippen molar-refractivity contribution in [3.05, 3.63) is 0 Å². The van der Waals surface area contributed by atoms with Crippen LogP contribution in [0, 0.1) is 0 Å². The van der Waals surface area contributed by atoms with E-state index in [0.717, 1.165) is 0 Å². The topological polar surface area (TPSA) is 72.5 Å². The largest absolute Gasteiger partial charge is 0.430 e. The van der Waals surface area contributed by atoms with Crippen LogP contribution >= 0.6 is 0 Å². The zero-order valence-corrected chi connectivity index (χ0v) is 12.3. The zero-order valence-electron chi connectivity index (χ0n) is 12.3. The Morgan fingerprint density at radius 3 is 2.30 bits per heavy atom. The fourth-order valence-electron chi connectivity index (χ4n) is 3.03. The quantitative estimate of drug-likeness (QED) is 0.665. The van der Waals surface area contributed by atoms with Crippen LogP contribution < -0.4 is 0 Å². The maximum atomic E-state index is 11.5. The maximum Gasteiger partial charge on any atom is 0.308 e. The normalized spacial score (nSPS) is 41.1. The lowest BCUT2D eigenvalue weighted by molar-refractivity contribution is -0.351. The highest BCUT2D eigenvalue weighted by Crippen LogP contribution is 2.41. The summed E-state index contributed by atoms with van der Waals surface area (Å²) < 4.78 is 33.0. The number of ether oxygens (including phenoxy) is 6. The first kappa shape index (κ1) is 15.7. The first-order valence-corrected chi connectivity index (χ1v) is 6.59. The molecule has 0 radical (unpaired) electrons. The molecule has 116 valence electrons. The highest BCUT2D eigenvalue weighted by atomic mass is 16.8. The number of rotatable bonds is 5. The van der Waals surface area contributed by atoms with Gasteiger partial charge in [-0.05, 0) is 0 Å². The molecule has 0 aliphatic carbocycles. The van der Waals surface area contributed by atoms with E-state index in [1.54, 1.807) is 21.3 Å². The first-order chi connectivity index (χ1) is 9.61. The Morgan fingerprint density at radius 1 is 1.15 bits per heavy atom. The van der Waals surface area contributed by atoms with Gasteiger partial charge in [0, 0.05) is 34.9 Å². The van der Waals surface area contributed by atoms with Crippen LogP contribution in [0.2, 0.25) is 0 Å². The molecule has 0 N–H and O–H groups in total. The Kier molecular flexibility index (Phi) is 4.98. The smallest absolute Gasteiger partial charge is 0.308 e. The molecule has 0 unspecified atom stereocenters. The molecule has 0 aromatic rings. The molecule has 5 atom stereocenters. The molecular weight excluding hydrogens is 268 g/mol. The highest BCUT2D eigenvalue weighted by molar-refractivity contribution is 5.72. The predicted molar refractivity (Wildman–Crippen MR) is 67.2 cm³/mol. The maximum absolute atomic E-state index is 11.5. The van der Waals surface area contributed by atoms with Gasteiger partial charge in [0.25, 0.3) is 0 Å². The summed E-state index contributed by atoms with van der Waals surface area (Å²) >= 11 is 0. The lowest BCUT2D eigenvalue weighted by Crippen LogP contribution is -2.66. The third kappa shape index (κ3) is 2.56. The fraction of sp³-hybridized carbons (Fsp3) is 0.923. The van der Waals surface area contributed by atoms with Crippen LogP contribution in [-0.4, -0.2) is 71.2 Å². The molecule has 1 spiro atoms. The van der Waals surface area contributed by atoms with Gasteiger partial charge in [-0.15, -0.1) is 0 Å². The number of esters is 1. The minimum Gasteiger partial charge on any atom is -0.430 e. The average Bonchev–Trinajstić information content (AvgIpc) is 2.80. The summed E-state index contributed by atoms with van der Waals surface area (Å²) in [5, 5.41) is 0. The predicted octanol–water partition coefficient (Wildman–Crippen LogP) is 0.110. The summed E-state index contributed by atoms with van der Waals surface area (Å²) in [4.78, 5) is 11.5. The molecule has 2 rings (SSSR count). The van der Waals surface area contributed by atoms with Gasteiger partial charge in [-0.1, -0.05) is 0 Å². The van der Waals surface area contributed by atoms with E-state index >= 15 is 0 Å². The first-order valence-electron chi connectivity index (χ1n) is 6.59. The molecule has 2 aliphatic rings. The minimum atomic E-state index is -1.12. The average molecular weight is 290 g/mol. The van der Waals surface area contributed by atoms with E-state index in [0.29, 0.717) is 19.4 Å². The SMILES string of the molecule is COC[C@H]1O[C@@]2(CCC(=O)O2)[C@@H](OC)[C@@H](OC)[C@@H]1OC. The van der Waals surface area contributed by atoms with E-state index in [4.69, 9.17) is 28.4 Å². The molecule has 2 heterocycles. The van der Waals surface area contributed by atoms with Crippen molar-refractivity contribution in [1.29, 1.82) is 0 Å². The number of carbonyl (C=O) groups is 1. The van der Waals surface area contributed by atoms with E-state index in [9.17, 15) is 4.79 Å². The Bertz CT molecular complexity index is 348. The second kappa shape index (κ2) is 6.36. The van der Waals surface area contributed by atoms with Crippen molar-refractivity contribution in [2.75, 3.05) is 35.0 Å². The van der Waals surface area contributed by atoms with Gasteiger partial charge in [0.15, 0.2) is 6.10 Å². The van der Waals surface area contributed by atoms with Gasteiger partial charge in [-0.3, -0.25) is 4.79 Å². The van der Waals surface area contributed by atoms with E-state index in [1.165, 1.54) is 7.11 Å². The van der Waals surface area contributed by atoms with Crippen LogP contribution in [0.5, 0.6) is 0 Å².